The van der Waals surface area contributed by atoms with Crippen molar-refractivity contribution in [1.82, 2.24) is 0 Å². The van der Waals surface area contributed by atoms with Gasteiger partial charge in [0.25, 0.3) is 7.82 Å². The van der Waals surface area contributed by atoms with Crippen LogP contribution in [0.15, 0.2) is 0 Å². The van der Waals surface area contributed by atoms with Crippen LogP contribution in [0.5, 0.6) is 0 Å². The second-order valence-electron chi connectivity index (χ2n) is 13.2. The average Bonchev–Trinajstić information content (AvgIpc) is 2.93. The van der Waals surface area contributed by atoms with Gasteiger partial charge in [-0.3, -0.25) is 9.36 Å². The lowest BCUT2D eigenvalue weighted by molar-refractivity contribution is -0.870. The van der Waals surface area contributed by atoms with Gasteiger partial charge >= 0.3 is 5.97 Å². The third-order valence-electron chi connectivity index (χ3n) is 7.63. The van der Waals surface area contributed by atoms with E-state index in [1.807, 2.05) is 28.1 Å². The number of ether oxygens (including phenoxy) is 2. The lowest BCUT2D eigenvalue weighted by atomic mass is 10.0. The summed E-state index contributed by atoms with van der Waals surface area (Å²) >= 11 is 0. The fraction of sp³-hybridized carbons (Fsp3) is 0.971. The Morgan fingerprint density at radius 1 is 0.628 bits per heavy atom. The highest BCUT2D eigenvalue weighted by Crippen LogP contribution is 2.38. The van der Waals surface area contributed by atoms with Crippen molar-refractivity contribution >= 4 is 13.8 Å². The van der Waals surface area contributed by atoms with E-state index in [-0.39, 0.29) is 32.2 Å². The Balaban J connectivity index is 3.76. The van der Waals surface area contributed by atoms with Crippen LogP contribution in [-0.2, 0) is 27.9 Å². The summed E-state index contributed by atoms with van der Waals surface area (Å²) in [6.07, 6.45) is 27.0. The van der Waals surface area contributed by atoms with Crippen LogP contribution in [0.4, 0.5) is 0 Å². The van der Waals surface area contributed by atoms with Crippen LogP contribution in [0.2, 0.25) is 0 Å². The minimum absolute atomic E-state index is 0.0283. The molecule has 0 fully saturated rings. The molecule has 2 atom stereocenters. The number of quaternary nitrogens is 1. The molecule has 0 aliphatic heterocycles. The molecule has 8 nitrogen and oxygen atoms in total. The first-order valence-electron chi connectivity index (χ1n) is 17.8. The first-order valence-corrected chi connectivity index (χ1v) is 19.2. The van der Waals surface area contributed by atoms with E-state index in [9.17, 15) is 14.3 Å². The van der Waals surface area contributed by atoms with E-state index < -0.39 is 13.9 Å². The number of hydrogen-bond acceptors (Lipinski definition) is 7. The van der Waals surface area contributed by atoms with Gasteiger partial charge < -0.3 is 27.9 Å². The van der Waals surface area contributed by atoms with Crippen molar-refractivity contribution in [3.63, 3.8) is 0 Å². The van der Waals surface area contributed by atoms with Gasteiger partial charge in [-0.2, -0.15) is 0 Å². The molecule has 0 aromatic carbocycles. The third-order valence-corrected chi connectivity index (χ3v) is 8.59. The molecule has 0 bridgehead atoms. The van der Waals surface area contributed by atoms with Crippen LogP contribution >= 0.6 is 7.82 Å². The van der Waals surface area contributed by atoms with Crippen molar-refractivity contribution < 1.29 is 37.3 Å². The smallest absolute Gasteiger partial charge is 0.306 e. The topological polar surface area (TPSA) is 94.1 Å². The van der Waals surface area contributed by atoms with Crippen molar-refractivity contribution in [2.75, 3.05) is 54.1 Å². The molecule has 0 aromatic rings. The lowest BCUT2D eigenvalue weighted by Crippen LogP contribution is -2.37. The van der Waals surface area contributed by atoms with Crippen molar-refractivity contribution in [2.45, 2.75) is 161 Å². The molecule has 0 radical (unpaired) electrons. The standard InChI is InChI=1S/C34H70NO7P/c1-6-8-9-10-11-12-13-14-15-16-17-18-19-20-21-22-23-24-25-26-29-39-31-33(42-34(36)27-7-2)32-41-43(37,38)40-30-28-35(3,4)5/h33H,6-32H2,1-5H3/t33-/m1/s1. The quantitative estimate of drug-likeness (QED) is 0.0308. The number of hydrogen-bond donors (Lipinski definition) is 0. The molecule has 258 valence electrons. The SMILES string of the molecule is CCCCCCCCCCCCCCCCCCCCCCOC[C@H](COP(=O)([O-])OCC[N+](C)(C)C)OC(=O)CCC. The van der Waals surface area contributed by atoms with Gasteiger partial charge in [-0.25, -0.2) is 0 Å². The third kappa shape index (κ3) is 32.7. The molecule has 0 amide bonds. The van der Waals surface area contributed by atoms with Gasteiger partial charge in [0, 0.05) is 13.0 Å². The predicted molar refractivity (Wildman–Crippen MR) is 176 cm³/mol. The number of nitrogens with zero attached hydrogens (tertiary/aromatic N) is 1. The van der Waals surface area contributed by atoms with Crippen LogP contribution in [0, 0.1) is 0 Å². The number of carbonyl (C=O) groups excluding carboxylic acids is 1. The Bertz CT molecular complexity index is 672. The molecular formula is C34H70NO7P. The van der Waals surface area contributed by atoms with Crippen LogP contribution in [0.1, 0.15) is 155 Å². The Morgan fingerprint density at radius 3 is 1.49 bits per heavy atom. The molecule has 0 aliphatic carbocycles. The first-order chi connectivity index (χ1) is 20.6. The van der Waals surface area contributed by atoms with E-state index in [0.717, 1.165) is 12.8 Å². The van der Waals surface area contributed by atoms with Gasteiger partial charge in [0.15, 0.2) is 0 Å². The van der Waals surface area contributed by atoms with E-state index in [2.05, 4.69) is 6.92 Å². The van der Waals surface area contributed by atoms with E-state index >= 15 is 0 Å². The van der Waals surface area contributed by atoms with Crippen LogP contribution < -0.4 is 4.89 Å². The average molecular weight is 636 g/mol. The number of phosphoric acid groups is 1. The summed E-state index contributed by atoms with van der Waals surface area (Å²) in [6, 6.07) is 0. The van der Waals surface area contributed by atoms with E-state index in [4.69, 9.17) is 18.5 Å². The van der Waals surface area contributed by atoms with Gasteiger partial charge in [0.1, 0.15) is 19.3 Å². The molecule has 0 spiro atoms. The Kier molecular flexibility index (Phi) is 28.6. The highest BCUT2D eigenvalue weighted by Gasteiger charge is 2.20. The van der Waals surface area contributed by atoms with Crippen molar-refractivity contribution in [3.05, 3.63) is 0 Å². The summed E-state index contributed by atoms with van der Waals surface area (Å²) in [7, 11) is 1.36. The molecule has 43 heavy (non-hydrogen) atoms. The van der Waals surface area contributed by atoms with Crippen LogP contribution in [0.25, 0.3) is 0 Å². The highest BCUT2D eigenvalue weighted by molar-refractivity contribution is 7.45. The van der Waals surface area contributed by atoms with Crippen molar-refractivity contribution in [2.24, 2.45) is 0 Å². The predicted octanol–water partition coefficient (Wildman–Crippen LogP) is 8.74. The molecule has 0 heterocycles. The van der Waals surface area contributed by atoms with E-state index in [1.165, 1.54) is 116 Å². The summed E-state index contributed by atoms with van der Waals surface area (Å²) in [5.41, 5.74) is 0. The molecule has 0 saturated heterocycles. The molecule has 0 saturated carbocycles. The molecule has 9 heteroatoms. The molecule has 1 unspecified atom stereocenters. The summed E-state index contributed by atoms with van der Waals surface area (Å²) in [5, 5.41) is 0. The number of esters is 1. The monoisotopic (exact) mass is 635 g/mol. The second kappa shape index (κ2) is 28.9. The first kappa shape index (κ1) is 42.5. The molecule has 0 aliphatic rings. The van der Waals surface area contributed by atoms with Gasteiger partial charge in [-0.05, 0) is 12.8 Å². The molecule has 0 N–H and O–H groups in total. The second-order valence-corrected chi connectivity index (χ2v) is 14.7. The summed E-state index contributed by atoms with van der Waals surface area (Å²) in [5.74, 6) is -0.384. The summed E-state index contributed by atoms with van der Waals surface area (Å²) < 4.78 is 33.7. The summed E-state index contributed by atoms with van der Waals surface area (Å²) in [6.45, 7) is 5.07. The maximum Gasteiger partial charge on any atom is 0.306 e. The maximum absolute atomic E-state index is 12.1. The van der Waals surface area contributed by atoms with Crippen molar-refractivity contribution in [1.29, 1.82) is 0 Å². The Morgan fingerprint density at radius 2 is 1.07 bits per heavy atom. The zero-order chi connectivity index (χ0) is 32.1. The molecule has 0 aromatic heterocycles. The minimum atomic E-state index is -4.48. The highest BCUT2D eigenvalue weighted by atomic mass is 31.2. The number of rotatable bonds is 33. The van der Waals surface area contributed by atoms with Crippen LogP contribution in [0.3, 0.4) is 0 Å². The number of carbonyl (C=O) groups is 1. The number of likely N-dealkylation sites (N-methyl/N-ethyl adjacent to an activating group) is 1. The number of phosphoric ester groups is 1. The molecule has 0 rings (SSSR count). The van der Waals surface area contributed by atoms with Gasteiger partial charge in [-0.1, -0.05) is 136 Å². The lowest BCUT2D eigenvalue weighted by Gasteiger charge is -2.28. The van der Waals surface area contributed by atoms with Gasteiger partial charge in [0.05, 0.1) is 34.4 Å². The van der Waals surface area contributed by atoms with Crippen LogP contribution in [-0.4, -0.2) is 70.7 Å². The fourth-order valence-corrected chi connectivity index (χ4v) is 5.61. The Hall–Kier alpha value is -0.500. The largest absolute Gasteiger partial charge is 0.756 e. The number of unbranched alkanes of at least 4 members (excludes halogenated alkanes) is 19. The van der Waals surface area contributed by atoms with Crippen molar-refractivity contribution in [3.8, 4) is 0 Å². The minimum Gasteiger partial charge on any atom is -0.756 e. The van der Waals surface area contributed by atoms with Gasteiger partial charge in [0.2, 0.25) is 0 Å². The van der Waals surface area contributed by atoms with E-state index in [1.54, 1.807) is 0 Å². The Labute approximate surface area is 266 Å². The van der Waals surface area contributed by atoms with E-state index in [0.29, 0.717) is 24.1 Å². The van der Waals surface area contributed by atoms with Gasteiger partial charge in [-0.15, -0.1) is 0 Å². The zero-order valence-electron chi connectivity index (χ0n) is 28.9. The normalized spacial score (nSPS) is 14.1. The zero-order valence-corrected chi connectivity index (χ0v) is 29.8. The molecular weight excluding hydrogens is 565 g/mol. The summed E-state index contributed by atoms with van der Waals surface area (Å²) in [4.78, 5) is 24.1. The fourth-order valence-electron chi connectivity index (χ4n) is 4.88. The maximum atomic E-state index is 12.1.